The SMILES string of the molecule is N#Cc1cccc(OCCNC(=O)C2CCN(c3ccncc3)CC2)c1. The summed E-state index contributed by atoms with van der Waals surface area (Å²) < 4.78 is 5.58. The maximum Gasteiger partial charge on any atom is 0.223 e. The van der Waals surface area contributed by atoms with Gasteiger partial charge in [0.25, 0.3) is 0 Å². The van der Waals surface area contributed by atoms with Gasteiger partial charge in [0.1, 0.15) is 12.4 Å². The zero-order valence-corrected chi connectivity index (χ0v) is 14.6. The topological polar surface area (TPSA) is 78.2 Å². The number of anilines is 1. The first-order valence-corrected chi connectivity index (χ1v) is 8.82. The average molecular weight is 350 g/mol. The fourth-order valence-electron chi connectivity index (χ4n) is 3.10. The summed E-state index contributed by atoms with van der Waals surface area (Å²) in [5, 5.41) is 11.8. The first kappa shape index (κ1) is 17.7. The van der Waals surface area contributed by atoms with Gasteiger partial charge in [-0.05, 0) is 43.2 Å². The number of nitrogens with zero attached hydrogens (tertiary/aromatic N) is 3. The normalized spacial score (nSPS) is 14.5. The largest absolute Gasteiger partial charge is 0.492 e. The first-order chi connectivity index (χ1) is 12.8. The van der Waals surface area contributed by atoms with Gasteiger partial charge in [0.05, 0.1) is 18.2 Å². The predicted molar refractivity (Wildman–Crippen MR) is 98.8 cm³/mol. The van der Waals surface area contributed by atoms with E-state index in [0.717, 1.165) is 31.6 Å². The molecular formula is C20H22N4O2. The van der Waals surface area contributed by atoms with E-state index >= 15 is 0 Å². The van der Waals surface area contributed by atoms with Gasteiger partial charge in [-0.25, -0.2) is 0 Å². The summed E-state index contributed by atoms with van der Waals surface area (Å²) in [4.78, 5) is 18.6. The van der Waals surface area contributed by atoms with Crippen molar-refractivity contribution in [1.82, 2.24) is 10.3 Å². The van der Waals surface area contributed by atoms with E-state index in [1.165, 1.54) is 0 Å². The van der Waals surface area contributed by atoms with Crippen molar-refractivity contribution < 1.29 is 9.53 Å². The van der Waals surface area contributed by atoms with E-state index in [1.807, 2.05) is 12.1 Å². The number of aromatic nitrogens is 1. The van der Waals surface area contributed by atoms with Crippen LogP contribution in [0.25, 0.3) is 0 Å². The smallest absolute Gasteiger partial charge is 0.223 e. The molecule has 0 unspecified atom stereocenters. The Morgan fingerprint density at radius 3 is 2.77 bits per heavy atom. The van der Waals surface area contributed by atoms with Crippen LogP contribution in [-0.2, 0) is 4.79 Å². The Hall–Kier alpha value is -3.07. The van der Waals surface area contributed by atoms with Crippen LogP contribution in [-0.4, -0.2) is 37.1 Å². The Morgan fingerprint density at radius 2 is 2.04 bits per heavy atom. The lowest BCUT2D eigenvalue weighted by Crippen LogP contribution is -2.41. The van der Waals surface area contributed by atoms with E-state index in [4.69, 9.17) is 10.00 Å². The van der Waals surface area contributed by atoms with E-state index in [9.17, 15) is 4.79 Å². The fourth-order valence-corrected chi connectivity index (χ4v) is 3.10. The van der Waals surface area contributed by atoms with Crippen LogP contribution >= 0.6 is 0 Å². The molecule has 0 bridgehead atoms. The number of rotatable bonds is 6. The summed E-state index contributed by atoms with van der Waals surface area (Å²) >= 11 is 0. The molecule has 1 fully saturated rings. The second-order valence-corrected chi connectivity index (χ2v) is 6.25. The van der Waals surface area contributed by atoms with Crippen LogP contribution in [0.1, 0.15) is 18.4 Å². The molecule has 6 heteroatoms. The molecule has 1 saturated heterocycles. The van der Waals surface area contributed by atoms with Crippen molar-refractivity contribution in [3.05, 3.63) is 54.4 Å². The van der Waals surface area contributed by atoms with E-state index < -0.39 is 0 Å². The molecule has 0 aliphatic carbocycles. The quantitative estimate of drug-likeness (QED) is 0.809. The minimum Gasteiger partial charge on any atom is -0.492 e. The summed E-state index contributed by atoms with van der Waals surface area (Å²) in [6.07, 6.45) is 5.28. The van der Waals surface area contributed by atoms with Gasteiger partial charge in [-0.3, -0.25) is 9.78 Å². The molecule has 2 heterocycles. The van der Waals surface area contributed by atoms with Crippen molar-refractivity contribution in [1.29, 1.82) is 5.26 Å². The Bertz CT molecular complexity index is 765. The number of ether oxygens (including phenoxy) is 1. The average Bonchev–Trinajstić information content (AvgIpc) is 2.72. The predicted octanol–water partition coefficient (Wildman–Crippen LogP) is 2.36. The maximum absolute atomic E-state index is 12.3. The standard InChI is InChI=1S/C20H22N4O2/c21-15-16-2-1-3-19(14-16)26-13-10-23-20(25)17-6-11-24(12-7-17)18-4-8-22-9-5-18/h1-5,8-9,14,17H,6-7,10-13H2,(H,23,25). The second-order valence-electron chi connectivity index (χ2n) is 6.25. The van der Waals surface area contributed by atoms with Gasteiger partial charge in [-0.1, -0.05) is 6.07 Å². The number of hydrogen-bond acceptors (Lipinski definition) is 5. The first-order valence-electron chi connectivity index (χ1n) is 8.82. The molecule has 2 aromatic rings. The molecular weight excluding hydrogens is 328 g/mol. The van der Waals surface area contributed by atoms with Crippen LogP contribution < -0.4 is 15.0 Å². The molecule has 26 heavy (non-hydrogen) atoms. The maximum atomic E-state index is 12.3. The van der Waals surface area contributed by atoms with Crippen LogP contribution in [0.4, 0.5) is 5.69 Å². The monoisotopic (exact) mass is 350 g/mol. The minimum atomic E-state index is 0.0509. The van der Waals surface area contributed by atoms with Crippen molar-refractivity contribution in [2.75, 3.05) is 31.1 Å². The molecule has 1 aliphatic heterocycles. The molecule has 6 nitrogen and oxygen atoms in total. The van der Waals surface area contributed by atoms with E-state index in [2.05, 4.69) is 21.3 Å². The highest BCUT2D eigenvalue weighted by Crippen LogP contribution is 2.22. The number of carbonyl (C=O) groups excluding carboxylic acids is 1. The van der Waals surface area contributed by atoms with Crippen molar-refractivity contribution in [3.63, 3.8) is 0 Å². The van der Waals surface area contributed by atoms with E-state index in [0.29, 0.717) is 24.5 Å². The van der Waals surface area contributed by atoms with Crippen LogP contribution in [0.5, 0.6) is 5.75 Å². The number of nitrogens with one attached hydrogen (secondary N) is 1. The zero-order chi connectivity index (χ0) is 18.2. The van der Waals surface area contributed by atoms with Crippen LogP contribution in [0.2, 0.25) is 0 Å². The van der Waals surface area contributed by atoms with Gasteiger partial charge in [0.15, 0.2) is 0 Å². The lowest BCUT2D eigenvalue weighted by molar-refractivity contribution is -0.125. The summed E-state index contributed by atoms with van der Waals surface area (Å²) in [7, 11) is 0. The minimum absolute atomic E-state index is 0.0509. The Balaban J connectivity index is 1.37. The third-order valence-corrected chi connectivity index (χ3v) is 4.53. The molecule has 1 aliphatic rings. The number of hydrogen-bond donors (Lipinski definition) is 1. The molecule has 134 valence electrons. The molecule has 0 radical (unpaired) electrons. The van der Waals surface area contributed by atoms with Crippen LogP contribution in [0, 0.1) is 17.2 Å². The van der Waals surface area contributed by atoms with Crippen molar-refractivity contribution in [2.45, 2.75) is 12.8 Å². The molecule has 1 amide bonds. The molecule has 0 spiro atoms. The van der Waals surface area contributed by atoms with Crippen molar-refractivity contribution >= 4 is 11.6 Å². The molecule has 0 atom stereocenters. The molecule has 1 aromatic heterocycles. The van der Waals surface area contributed by atoms with Crippen LogP contribution in [0.15, 0.2) is 48.8 Å². The van der Waals surface area contributed by atoms with E-state index in [-0.39, 0.29) is 11.8 Å². The number of carbonyl (C=O) groups is 1. The number of nitriles is 1. The molecule has 3 rings (SSSR count). The number of benzene rings is 1. The second kappa shape index (κ2) is 8.86. The van der Waals surface area contributed by atoms with Crippen molar-refractivity contribution in [2.24, 2.45) is 5.92 Å². The Labute approximate surface area is 153 Å². The van der Waals surface area contributed by atoms with Gasteiger partial charge in [0.2, 0.25) is 5.91 Å². The third kappa shape index (κ3) is 4.73. The zero-order valence-electron chi connectivity index (χ0n) is 14.6. The lowest BCUT2D eigenvalue weighted by atomic mass is 9.95. The number of amides is 1. The highest BCUT2D eigenvalue weighted by Gasteiger charge is 2.24. The van der Waals surface area contributed by atoms with Gasteiger partial charge >= 0.3 is 0 Å². The van der Waals surface area contributed by atoms with E-state index in [1.54, 1.807) is 36.7 Å². The summed E-state index contributed by atoms with van der Waals surface area (Å²) in [6, 6.07) is 13.1. The number of piperidine rings is 1. The van der Waals surface area contributed by atoms with Crippen LogP contribution in [0.3, 0.4) is 0 Å². The van der Waals surface area contributed by atoms with Crippen molar-refractivity contribution in [3.8, 4) is 11.8 Å². The third-order valence-electron chi connectivity index (χ3n) is 4.53. The summed E-state index contributed by atoms with van der Waals surface area (Å²) in [5.74, 6) is 0.785. The summed E-state index contributed by atoms with van der Waals surface area (Å²) in [5.41, 5.74) is 1.72. The Morgan fingerprint density at radius 1 is 1.27 bits per heavy atom. The fraction of sp³-hybridized carbons (Fsp3) is 0.350. The lowest BCUT2D eigenvalue weighted by Gasteiger charge is -2.32. The highest BCUT2D eigenvalue weighted by atomic mass is 16.5. The van der Waals surface area contributed by atoms with Gasteiger partial charge in [-0.15, -0.1) is 0 Å². The van der Waals surface area contributed by atoms with Gasteiger partial charge < -0.3 is 15.0 Å². The van der Waals surface area contributed by atoms with Gasteiger partial charge in [0, 0.05) is 37.1 Å². The molecule has 0 saturated carbocycles. The Kier molecular flexibility index (Phi) is 6.05. The van der Waals surface area contributed by atoms with Gasteiger partial charge in [-0.2, -0.15) is 5.26 Å². The number of pyridine rings is 1. The highest BCUT2D eigenvalue weighted by molar-refractivity contribution is 5.79. The molecule has 1 N–H and O–H groups in total. The molecule has 1 aromatic carbocycles. The summed E-state index contributed by atoms with van der Waals surface area (Å²) in [6.45, 7) is 2.59.